The summed E-state index contributed by atoms with van der Waals surface area (Å²) in [6.07, 6.45) is 1.38. The maximum Gasteiger partial charge on any atom is 0.337 e. The molecule has 0 bridgehead atoms. The summed E-state index contributed by atoms with van der Waals surface area (Å²) in [5.74, 6) is -1.64. The van der Waals surface area contributed by atoms with Gasteiger partial charge in [-0.05, 0) is 31.5 Å². The molecule has 0 radical (unpaired) electrons. The molecule has 0 aliphatic rings. The quantitative estimate of drug-likeness (QED) is 0.935. The van der Waals surface area contributed by atoms with Crippen molar-refractivity contribution in [1.82, 2.24) is 9.78 Å². The molecule has 6 heteroatoms. The summed E-state index contributed by atoms with van der Waals surface area (Å²) in [6.45, 7) is 3.62. The highest BCUT2D eigenvalue weighted by Crippen LogP contribution is 2.28. The SMILES string of the molecule is CC(C)n1ncc(-c2ccc(Cl)c(C(=O)O)c2)c1F. The number of nitrogens with zero attached hydrogens (tertiary/aromatic N) is 2. The van der Waals surface area contributed by atoms with Crippen LogP contribution in [0.2, 0.25) is 5.02 Å². The van der Waals surface area contributed by atoms with E-state index < -0.39 is 11.9 Å². The van der Waals surface area contributed by atoms with Crippen molar-refractivity contribution in [3.8, 4) is 11.1 Å². The molecule has 19 heavy (non-hydrogen) atoms. The zero-order valence-electron chi connectivity index (χ0n) is 10.4. The Labute approximate surface area is 114 Å². The van der Waals surface area contributed by atoms with E-state index in [1.807, 2.05) is 13.8 Å². The highest BCUT2D eigenvalue weighted by Gasteiger charge is 2.17. The third kappa shape index (κ3) is 2.46. The predicted octanol–water partition coefficient (Wildman–Crippen LogP) is 3.62. The number of halogens is 2. The Hall–Kier alpha value is -1.88. The Morgan fingerprint density at radius 2 is 2.16 bits per heavy atom. The summed E-state index contributed by atoms with van der Waals surface area (Å²) in [5.41, 5.74) is 0.634. The molecular formula is C13H12ClFN2O2. The Morgan fingerprint density at radius 1 is 1.47 bits per heavy atom. The second-order valence-electron chi connectivity index (χ2n) is 4.39. The molecule has 0 atom stereocenters. The van der Waals surface area contributed by atoms with Gasteiger partial charge in [-0.2, -0.15) is 9.49 Å². The fourth-order valence-corrected chi connectivity index (χ4v) is 1.96. The van der Waals surface area contributed by atoms with Gasteiger partial charge >= 0.3 is 5.97 Å². The van der Waals surface area contributed by atoms with Gasteiger partial charge in [-0.25, -0.2) is 9.48 Å². The van der Waals surface area contributed by atoms with Crippen LogP contribution < -0.4 is 0 Å². The smallest absolute Gasteiger partial charge is 0.337 e. The van der Waals surface area contributed by atoms with Crippen LogP contribution in [-0.4, -0.2) is 20.9 Å². The number of carboxylic acids is 1. The van der Waals surface area contributed by atoms with E-state index in [-0.39, 0.29) is 22.2 Å². The van der Waals surface area contributed by atoms with Crippen molar-refractivity contribution in [2.75, 3.05) is 0 Å². The molecule has 0 unspecified atom stereocenters. The highest BCUT2D eigenvalue weighted by molar-refractivity contribution is 6.33. The second-order valence-corrected chi connectivity index (χ2v) is 4.79. The molecular weight excluding hydrogens is 271 g/mol. The van der Waals surface area contributed by atoms with Crippen LogP contribution in [0.25, 0.3) is 11.1 Å². The molecule has 100 valence electrons. The minimum atomic E-state index is -1.15. The second kappa shape index (κ2) is 5.01. The number of carbonyl (C=O) groups is 1. The molecule has 2 aromatic rings. The van der Waals surface area contributed by atoms with Gasteiger partial charge in [-0.3, -0.25) is 0 Å². The lowest BCUT2D eigenvalue weighted by Gasteiger charge is -2.06. The Kier molecular flexibility index (Phi) is 3.57. The molecule has 0 spiro atoms. The first-order valence-electron chi connectivity index (χ1n) is 5.68. The van der Waals surface area contributed by atoms with Gasteiger partial charge in [0.1, 0.15) is 0 Å². The lowest BCUT2D eigenvalue weighted by Crippen LogP contribution is -2.05. The van der Waals surface area contributed by atoms with E-state index in [4.69, 9.17) is 16.7 Å². The van der Waals surface area contributed by atoms with Crippen molar-refractivity contribution in [3.63, 3.8) is 0 Å². The third-order valence-electron chi connectivity index (χ3n) is 2.73. The molecule has 0 amide bonds. The molecule has 0 aliphatic carbocycles. The van der Waals surface area contributed by atoms with Crippen molar-refractivity contribution in [2.24, 2.45) is 0 Å². The maximum absolute atomic E-state index is 14.1. The first-order chi connectivity index (χ1) is 8.91. The number of carboxylic acid groups (broad SMARTS) is 1. The highest BCUT2D eigenvalue weighted by atomic mass is 35.5. The van der Waals surface area contributed by atoms with Gasteiger partial charge in [0.15, 0.2) is 0 Å². The number of benzene rings is 1. The molecule has 0 saturated carbocycles. The van der Waals surface area contributed by atoms with Gasteiger partial charge in [-0.1, -0.05) is 17.7 Å². The number of hydrogen-bond acceptors (Lipinski definition) is 2. The lowest BCUT2D eigenvalue weighted by molar-refractivity contribution is 0.0697. The van der Waals surface area contributed by atoms with Crippen molar-refractivity contribution < 1.29 is 14.3 Å². The van der Waals surface area contributed by atoms with Crippen molar-refractivity contribution in [1.29, 1.82) is 0 Å². The molecule has 4 nitrogen and oxygen atoms in total. The maximum atomic E-state index is 14.1. The van der Waals surface area contributed by atoms with Crippen LogP contribution in [0.3, 0.4) is 0 Å². The third-order valence-corrected chi connectivity index (χ3v) is 3.06. The van der Waals surface area contributed by atoms with E-state index in [2.05, 4.69) is 5.10 Å². The molecule has 1 heterocycles. The molecule has 1 aromatic heterocycles. The number of rotatable bonds is 3. The summed E-state index contributed by atoms with van der Waals surface area (Å²) >= 11 is 5.78. The van der Waals surface area contributed by atoms with E-state index in [9.17, 15) is 9.18 Å². The van der Waals surface area contributed by atoms with Crippen LogP contribution in [-0.2, 0) is 0 Å². The van der Waals surface area contributed by atoms with Gasteiger partial charge in [0, 0.05) is 6.04 Å². The van der Waals surface area contributed by atoms with Crippen LogP contribution in [0.1, 0.15) is 30.2 Å². The van der Waals surface area contributed by atoms with Crippen LogP contribution in [0.5, 0.6) is 0 Å². The average Bonchev–Trinajstić information content (AvgIpc) is 2.71. The monoisotopic (exact) mass is 282 g/mol. The minimum Gasteiger partial charge on any atom is -0.478 e. The number of aromatic nitrogens is 2. The molecule has 2 rings (SSSR count). The van der Waals surface area contributed by atoms with E-state index in [1.54, 1.807) is 6.07 Å². The number of hydrogen-bond donors (Lipinski definition) is 1. The largest absolute Gasteiger partial charge is 0.478 e. The molecule has 0 fully saturated rings. The topological polar surface area (TPSA) is 55.1 Å². The van der Waals surface area contributed by atoms with Crippen molar-refractivity contribution in [2.45, 2.75) is 19.9 Å². The lowest BCUT2D eigenvalue weighted by atomic mass is 10.1. The predicted molar refractivity (Wildman–Crippen MR) is 70.0 cm³/mol. The normalized spacial score (nSPS) is 11.0. The molecule has 1 N–H and O–H groups in total. The fourth-order valence-electron chi connectivity index (χ4n) is 1.76. The van der Waals surface area contributed by atoms with Gasteiger partial charge in [0.2, 0.25) is 5.95 Å². The summed E-state index contributed by atoms with van der Waals surface area (Å²) < 4.78 is 15.4. The van der Waals surface area contributed by atoms with Gasteiger partial charge in [0.05, 0.1) is 22.3 Å². The first kappa shape index (κ1) is 13.5. The van der Waals surface area contributed by atoms with E-state index >= 15 is 0 Å². The zero-order valence-corrected chi connectivity index (χ0v) is 11.1. The number of aromatic carboxylic acids is 1. The molecule has 1 aromatic carbocycles. The molecule has 0 aliphatic heterocycles. The minimum absolute atomic E-state index is 0.0594. The Morgan fingerprint density at radius 3 is 2.68 bits per heavy atom. The Bertz CT molecular complexity index is 638. The zero-order chi connectivity index (χ0) is 14.2. The van der Waals surface area contributed by atoms with E-state index in [0.717, 1.165) is 0 Å². The van der Waals surface area contributed by atoms with E-state index in [1.165, 1.54) is 23.0 Å². The van der Waals surface area contributed by atoms with Crippen molar-refractivity contribution >= 4 is 17.6 Å². The summed E-state index contributed by atoms with van der Waals surface area (Å²) in [4.78, 5) is 11.0. The van der Waals surface area contributed by atoms with Gasteiger partial charge < -0.3 is 5.11 Å². The van der Waals surface area contributed by atoms with Crippen LogP contribution in [0.4, 0.5) is 4.39 Å². The average molecular weight is 283 g/mol. The first-order valence-corrected chi connectivity index (χ1v) is 6.06. The fraction of sp³-hybridized carbons (Fsp3) is 0.231. The van der Waals surface area contributed by atoms with Gasteiger partial charge in [0.25, 0.3) is 0 Å². The molecule has 0 saturated heterocycles. The van der Waals surface area contributed by atoms with E-state index in [0.29, 0.717) is 5.56 Å². The van der Waals surface area contributed by atoms with Crippen LogP contribution in [0, 0.1) is 5.95 Å². The summed E-state index contributed by atoms with van der Waals surface area (Å²) in [7, 11) is 0. The Balaban J connectivity index is 2.54. The van der Waals surface area contributed by atoms with Crippen LogP contribution in [0.15, 0.2) is 24.4 Å². The van der Waals surface area contributed by atoms with Crippen molar-refractivity contribution in [3.05, 3.63) is 40.9 Å². The summed E-state index contributed by atoms with van der Waals surface area (Å²) in [5, 5.41) is 13.1. The standard InChI is InChI=1S/C13H12ClFN2O2/c1-7(2)17-12(15)10(6-16-17)8-3-4-11(14)9(5-8)13(18)19/h3-7H,1-2H3,(H,18,19). The van der Waals surface area contributed by atoms with Crippen LogP contribution >= 0.6 is 11.6 Å². The summed E-state index contributed by atoms with van der Waals surface area (Å²) in [6, 6.07) is 4.24. The van der Waals surface area contributed by atoms with Gasteiger partial charge in [-0.15, -0.1) is 0 Å².